The standard InChI is InChI=1S/C15H29NO2/c1-4-6-13-7-5-9-15(10-8-13,14(17)18)16-11-12(2)3/h12-13,16H,4-11H2,1-3H3,(H,17,18). The third-order valence-corrected chi connectivity index (χ3v) is 4.15. The van der Waals surface area contributed by atoms with Gasteiger partial charge in [-0.3, -0.25) is 4.79 Å². The third kappa shape index (κ3) is 4.27. The van der Waals surface area contributed by atoms with E-state index in [0.29, 0.717) is 5.92 Å². The molecule has 1 rings (SSSR count). The van der Waals surface area contributed by atoms with Gasteiger partial charge in [0.25, 0.3) is 0 Å². The van der Waals surface area contributed by atoms with E-state index in [2.05, 4.69) is 26.1 Å². The smallest absolute Gasteiger partial charge is 0.323 e. The molecule has 2 N–H and O–H groups in total. The maximum absolute atomic E-state index is 11.6. The molecule has 0 heterocycles. The first kappa shape index (κ1) is 15.5. The molecule has 1 aliphatic carbocycles. The largest absolute Gasteiger partial charge is 0.480 e. The zero-order valence-electron chi connectivity index (χ0n) is 12.2. The molecule has 0 saturated heterocycles. The molecule has 0 amide bonds. The van der Waals surface area contributed by atoms with Crippen molar-refractivity contribution in [3.8, 4) is 0 Å². The second-order valence-electron chi connectivity index (χ2n) is 6.25. The highest BCUT2D eigenvalue weighted by Crippen LogP contribution is 2.33. The molecule has 0 bridgehead atoms. The van der Waals surface area contributed by atoms with Crippen LogP contribution in [0.5, 0.6) is 0 Å². The molecule has 1 aliphatic rings. The van der Waals surface area contributed by atoms with Crippen LogP contribution in [-0.2, 0) is 4.79 Å². The first-order valence-electron chi connectivity index (χ1n) is 7.48. The first-order chi connectivity index (χ1) is 8.50. The molecule has 0 aromatic carbocycles. The topological polar surface area (TPSA) is 49.3 Å². The maximum atomic E-state index is 11.6. The summed E-state index contributed by atoms with van der Waals surface area (Å²) in [6.45, 7) is 7.26. The molecule has 18 heavy (non-hydrogen) atoms. The van der Waals surface area contributed by atoms with E-state index in [1.807, 2.05) is 0 Å². The Kier molecular flexibility index (Phi) is 6.13. The molecule has 0 radical (unpaired) electrons. The van der Waals surface area contributed by atoms with E-state index in [4.69, 9.17) is 0 Å². The van der Waals surface area contributed by atoms with E-state index in [-0.39, 0.29) is 0 Å². The molecule has 1 saturated carbocycles. The Morgan fingerprint density at radius 1 is 1.39 bits per heavy atom. The van der Waals surface area contributed by atoms with Gasteiger partial charge in [-0.15, -0.1) is 0 Å². The predicted molar refractivity (Wildman–Crippen MR) is 74.7 cm³/mol. The lowest BCUT2D eigenvalue weighted by molar-refractivity contribution is -0.145. The third-order valence-electron chi connectivity index (χ3n) is 4.15. The molecule has 0 aliphatic heterocycles. The molecule has 106 valence electrons. The Bertz CT molecular complexity index is 265. The molecule has 3 heteroatoms. The van der Waals surface area contributed by atoms with Crippen molar-refractivity contribution in [2.75, 3.05) is 6.54 Å². The summed E-state index contributed by atoms with van der Waals surface area (Å²) in [5, 5.41) is 12.9. The number of carboxylic acids is 1. The zero-order valence-corrected chi connectivity index (χ0v) is 12.2. The average Bonchev–Trinajstić information content (AvgIpc) is 2.51. The summed E-state index contributed by atoms with van der Waals surface area (Å²) in [7, 11) is 0. The summed E-state index contributed by atoms with van der Waals surface area (Å²) in [6.07, 6.45) is 7.35. The Balaban J connectivity index is 2.64. The van der Waals surface area contributed by atoms with Crippen LogP contribution in [-0.4, -0.2) is 23.2 Å². The second kappa shape index (κ2) is 7.13. The summed E-state index contributed by atoms with van der Waals surface area (Å²) < 4.78 is 0. The molecule has 0 aromatic rings. The minimum Gasteiger partial charge on any atom is -0.480 e. The van der Waals surface area contributed by atoms with Crippen LogP contribution in [0, 0.1) is 11.8 Å². The highest BCUT2D eigenvalue weighted by atomic mass is 16.4. The van der Waals surface area contributed by atoms with E-state index in [0.717, 1.165) is 38.1 Å². The average molecular weight is 255 g/mol. The number of aliphatic carboxylic acids is 1. The number of carbonyl (C=O) groups is 1. The molecule has 1 fully saturated rings. The fourth-order valence-electron chi connectivity index (χ4n) is 2.98. The summed E-state index contributed by atoms with van der Waals surface area (Å²) in [5.74, 6) is 0.577. The minimum absolute atomic E-state index is 0.496. The summed E-state index contributed by atoms with van der Waals surface area (Å²) in [6, 6.07) is 0. The normalized spacial score (nSPS) is 29.2. The molecular formula is C15H29NO2. The summed E-state index contributed by atoms with van der Waals surface area (Å²) >= 11 is 0. The van der Waals surface area contributed by atoms with Crippen LogP contribution < -0.4 is 5.32 Å². The number of nitrogens with one attached hydrogen (secondary N) is 1. The molecule has 2 atom stereocenters. The lowest BCUT2D eigenvalue weighted by Crippen LogP contribution is -2.52. The number of hydrogen-bond donors (Lipinski definition) is 2. The van der Waals surface area contributed by atoms with Gasteiger partial charge in [0.15, 0.2) is 0 Å². The van der Waals surface area contributed by atoms with Gasteiger partial charge in [-0.25, -0.2) is 0 Å². The van der Waals surface area contributed by atoms with Crippen molar-refractivity contribution in [2.24, 2.45) is 11.8 Å². The van der Waals surface area contributed by atoms with Crippen LogP contribution in [0.4, 0.5) is 0 Å². The Morgan fingerprint density at radius 2 is 2.11 bits per heavy atom. The summed E-state index contributed by atoms with van der Waals surface area (Å²) in [4.78, 5) is 11.6. The summed E-state index contributed by atoms with van der Waals surface area (Å²) in [5.41, 5.74) is -0.660. The van der Waals surface area contributed by atoms with Crippen LogP contribution in [0.2, 0.25) is 0 Å². The van der Waals surface area contributed by atoms with Crippen molar-refractivity contribution in [1.82, 2.24) is 5.32 Å². The zero-order chi connectivity index (χ0) is 13.6. The predicted octanol–water partition coefficient (Wildman–Crippen LogP) is 3.44. The lowest BCUT2D eigenvalue weighted by atomic mass is 9.88. The fourth-order valence-corrected chi connectivity index (χ4v) is 2.98. The van der Waals surface area contributed by atoms with Gasteiger partial charge in [0.1, 0.15) is 5.54 Å². The second-order valence-corrected chi connectivity index (χ2v) is 6.25. The van der Waals surface area contributed by atoms with Crippen molar-refractivity contribution >= 4 is 5.97 Å². The van der Waals surface area contributed by atoms with Crippen LogP contribution in [0.1, 0.15) is 65.7 Å². The van der Waals surface area contributed by atoms with Gasteiger partial charge in [0.05, 0.1) is 0 Å². The van der Waals surface area contributed by atoms with Gasteiger partial charge in [-0.2, -0.15) is 0 Å². The van der Waals surface area contributed by atoms with Gasteiger partial charge < -0.3 is 10.4 Å². The van der Waals surface area contributed by atoms with Crippen molar-refractivity contribution in [3.63, 3.8) is 0 Å². The molecule has 0 aromatic heterocycles. The minimum atomic E-state index is -0.660. The van der Waals surface area contributed by atoms with Crippen molar-refractivity contribution in [1.29, 1.82) is 0 Å². The van der Waals surface area contributed by atoms with Gasteiger partial charge in [0.2, 0.25) is 0 Å². The van der Waals surface area contributed by atoms with E-state index in [1.165, 1.54) is 19.3 Å². The Hall–Kier alpha value is -0.570. The van der Waals surface area contributed by atoms with Crippen molar-refractivity contribution in [2.45, 2.75) is 71.3 Å². The van der Waals surface area contributed by atoms with E-state index in [1.54, 1.807) is 0 Å². The highest BCUT2D eigenvalue weighted by Gasteiger charge is 2.39. The number of hydrogen-bond acceptors (Lipinski definition) is 2. The van der Waals surface area contributed by atoms with Gasteiger partial charge in [-0.05, 0) is 37.6 Å². The van der Waals surface area contributed by atoms with Crippen molar-refractivity contribution < 1.29 is 9.90 Å². The molecule has 0 spiro atoms. The van der Waals surface area contributed by atoms with Crippen molar-refractivity contribution in [3.05, 3.63) is 0 Å². The SMILES string of the molecule is CCCC1CCCC(NCC(C)C)(C(=O)O)CC1. The Labute approximate surface area is 111 Å². The highest BCUT2D eigenvalue weighted by molar-refractivity contribution is 5.78. The molecular weight excluding hydrogens is 226 g/mol. The fraction of sp³-hybridized carbons (Fsp3) is 0.933. The molecule has 2 unspecified atom stereocenters. The van der Waals surface area contributed by atoms with Gasteiger partial charge in [-0.1, -0.05) is 46.5 Å². The van der Waals surface area contributed by atoms with Gasteiger partial charge >= 0.3 is 5.97 Å². The lowest BCUT2D eigenvalue weighted by Gasteiger charge is -2.30. The van der Waals surface area contributed by atoms with Crippen LogP contribution >= 0.6 is 0 Å². The van der Waals surface area contributed by atoms with Crippen LogP contribution in [0.3, 0.4) is 0 Å². The first-order valence-corrected chi connectivity index (χ1v) is 7.48. The maximum Gasteiger partial charge on any atom is 0.323 e. The van der Waals surface area contributed by atoms with E-state index >= 15 is 0 Å². The number of rotatable bonds is 6. The monoisotopic (exact) mass is 255 g/mol. The quantitative estimate of drug-likeness (QED) is 0.715. The van der Waals surface area contributed by atoms with Crippen LogP contribution in [0.15, 0.2) is 0 Å². The van der Waals surface area contributed by atoms with Crippen LogP contribution in [0.25, 0.3) is 0 Å². The molecule has 3 nitrogen and oxygen atoms in total. The van der Waals surface area contributed by atoms with E-state index < -0.39 is 11.5 Å². The van der Waals surface area contributed by atoms with E-state index in [9.17, 15) is 9.90 Å². The Morgan fingerprint density at radius 3 is 2.67 bits per heavy atom. The van der Waals surface area contributed by atoms with Gasteiger partial charge in [0, 0.05) is 0 Å². The number of carboxylic acid groups (broad SMARTS) is 1.